The quantitative estimate of drug-likeness (QED) is 0.560. The van der Waals surface area contributed by atoms with Crippen molar-refractivity contribution in [3.05, 3.63) is 64.8 Å². The van der Waals surface area contributed by atoms with Crippen LogP contribution in [0.3, 0.4) is 0 Å². The summed E-state index contributed by atoms with van der Waals surface area (Å²) >= 11 is 6.38. The van der Waals surface area contributed by atoms with Gasteiger partial charge >= 0.3 is 5.97 Å². The maximum absolute atomic E-state index is 12.7. The lowest BCUT2D eigenvalue weighted by atomic mass is 10.2. The highest BCUT2D eigenvalue weighted by Crippen LogP contribution is 2.30. The minimum Gasteiger partial charge on any atom is -0.422 e. The van der Waals surface area contributed by atoms with Gasteiger partial charge in [-0.3, -0.25) is 4.79 Å². The molecule has 5 nitrogen and oxygen atoms in total. The van der Waals surface area contributed by atoms with Crippen LogP contribution in [0, 0.1) is 0 Å². The number of halogens is 1. The lowest BCUT2D eigenvalue weighted by molar-refractivity contribution is 0.0724. The summed E-state index contributed by atoms with van der Waals surface area (Å²) in [5.41, 5.74) is 1.59. The molecule has 1 aliphatic rings. The number of nitrogens with zero attached hydrogens (tertiary/aromatic N) is 1. The monoisotopic (exact) mass is 368 g/mol. The van der Waals surface area contributed by atoms with Crippen molar-refractivity contribution in [2.75, 3.05) is 0 Å². The average molecular weight is 369 g/mol. The van der Waals surface area contributed by atoms with Crippen molar-refractivity contribution in [2.45, 2.75) is 18.9 Å². The van der Waals surface area contributed by atoms with E-state index in [4.69, 9.17) is 16.3 Å². The number of aryl methyl sites for hydroxylation is 1. The zero-order valence-electron chi connectivity index (χ0n) is 14.2. The van der Waals surface area contributed by atoms with Gasteiger partial charge in [-0.2, -0.15) is 0 Å². The first-order valence-corrected chi connectivity index (χ1v) is 8.78. The van der Waals surface area contributed by atoms with Gasteiger partial charge in [-0.15, -0.1) is 0 Å². The SMILES string of the molecule is Cn1c(C(=O)Oc2cccc(C(=O)NC3CC3)c2)c(Cl)c2ccccc21. The van der Waals surface area contributed by atoms with Crippen molar-refractivity contribution in [3.63, 3.8) is 0 Å². The molecule has 1 amide bonds. The molecule has 1 N–H and O–H groups in total. The van der Waals surface area contributed by atoms with Crippen LogP contribution < -0.4 is 10.1 Å². The van der Waals surface area contributed by atoms with Gasteiger partial charge in [0.15, 0.2) is 0 Å². The van der Waals surface area contributed by atoms with Crippen LogP contribution in [0.25, 0.3) is 10.9 Å². The van der Waals surface area contributed by atoms with Crippen LogP contribution >= 0.6 is 11.6 Å². The molecule has 1 aliphatic carbocycles. The van der Waals surface area contributed by atoms with Crippen molar-refractivity contribution < 1.29 is 14.3 Å². The molecular formula is C20H17ClN2O3. The number of rotatable bonds is 4. The van der Waals surface area contributed by atoms with Crippen molar-refractivity contribution >= 4 is 34.4 Å². The number of aromatic nitrogens is 1. The maximum Gasteiger partial charge on any atom is 0.361 e. The Morgan fingerprint density at radius 3 is 2.65 bits per heavy atom. The third-order valence-corrected chi connectivity index (χ3v) is 4.84. The molecule has 0 bridgehead atoms. The van der Waals surface area contributed by atoms with Crippen LogP contribution in [0.4, 0.5) is 0 Å². The number of para-hydroxylation sites is 1. The molecule has 0 saturated heterocycles. The number of hydrogen-bond donors (Lipinski definition) is 1. The summed E-state index contributed by atoms with van der Waals surface area (Å²) in [5, 5.41) is 4.06. The molecule has 2 aromatic carbocycles. The van der Waals surface area contributed by atoms with Gasteiger partial charge in [0.05, 0.1) is 5.02 Å². The first-order valence-electron chi connectivity index (χ1n) is 8.40. The zero-order chi connectivity index (χ0) is 18.3. The molecule has 3 aromatic rings. The Hall–Kier alpha value is -2.79. The number of amides is 1. The van der Waals surface area contributed by atoms with E-state index in [9.17, 15) is 9.59 Å². The number of nitrogens with one attached hydrogen (secondary N) is 1. The van der Waals surface area contributed by atoms with Gasteiger partial charge in [-0.25, -0.2) is 4.79 Å². The normalized spacial score (nSPS) is 13.6. The predicted molar refractivity (Wildman–Crippen MR) is 99.8 cm³/mol. The fourth-order valence-electron chi connectivity index (χ4n) is 2.93. The summed E-state index contributed by atoms with van der Waals surface area (Å²) in [6.45, 7) is 0. The highest BCUT2D eigenvalue weighted by atomic mass is 35.5. The highest BCUT2D eigenvalue weighted by molar-refractivity contribution is 6.38. The molecule has 0 unspecified atom stereocenters. The van der Waals surface area contributed by atoms with Crippen LogP contribution in [-0.4, -0.2) is 22.5 Å². The molecule has 1 fully saturated rings. The second kappa shape index (κ2) is 6.50. The Morgan fingerprint density at radius 1 is 1.15 bits per heavy atom. The van der Waals surface area contributed by atoms with Gasteiger partial charge in [-0.1, -0.05) is 35.9 Å². The Bertz CT molecular complexity index is 982. The van der Waals surface area contributed by atoms with Gasteiger partial charge in [0.1, 0.15) is 11.4 Å². The van der Waals surface area contributed by atoms with Crippen LogP contribution in [-0.2, 0) is 7.05 Å². The lowest BCUT2D eigenvalue weighted by Crippen LogP contribution is -2.25. The smallest absolute Gasteiger partial charge is 0.361 e. The second-order valence-corrected chi connectivity index (χ2v) is 6.78. The summed E-state index contributed by atoms with van der Waals surface area (Å²) in [4.78, 5) is 24.8. The average Bonchev–Trinajstić information content (AvgIpc) is 3.41. The third-order valence-electron chi connectivity index (χ3n) is 4.46. The molecule has 0 atom stereocenters. The molecule has 1 saturated carbocycles. The molecule has 0 aliphatic heterocycles. The summed E-state index contributed by atoms with van der Waals surface area (Å²) in [7, 11) is 1.77. The topological polar surface area (TPSA) is 60.3 Å². The first-order chi connectivity index (χ1) is 12.5. The summed E-state index contributed by atoms with van der Waals surface area (Å²) in [6.07, 6.45) is 2.03. The zero-order valence-corrected chi connectivity index (χ0v) is 14.9. The van der Waals surface area contributed by atoms with Crippen LogP contribution in [0.5, 0.6) is 5.75 Å². The molecule has 26 heavy (non-hydrogen) atoms. The Balaban J connectivity index is 1.60. The number of ether oxygens (including phenoxy) is 1. The Kier molecular flexibility index (Phi) is 4.17. The Labute approximate surface area is 155 Å². The van der Waals surface area contributed by atoms with Gasteiger partial charge in [0, 0.05) is 29.6 Å². The molecule has 1 heterocycles. The van der Waals surface area contributed by atoms with Gasteiger partial charge < -0.3 is 14.6 Å². The lowest BCUT2D eigenvalue weighted by Gasteiger charge is -2.08. The van der Waals surface area contributed by atoms with Crippen molar-refractivity contribution in [1.82, 2.24) is 9.88 Å². The predicted octanol–water partition coefficient (Wildman–Crippen LogP) is 3.94. The second-order valence-electron chi connectivity index (χ2n) is 6.40. The molecule has 0 spiro atoms. The van der Waals surface area contributed by atoms with Crippen LogP contribution in [0.15, 0.2) is 48.5 Å². The summed E-state index contributed by atoms with van der Waals surface area (Å²) in [6, 6.07) is 14.4. The number of benzene rings is 2. The summed E-state index contributed by atoms with van der Waals surface area (Å²) < 4.78 is 7.19. The first kappa shape index (κ1) is 16.7. The van der Waals surface area contributed by atoms with Crippen LogP contribution in [0.1, 0.15) is 33.7 Å². The Morgan fingerprint density at radius 2 is 1.92 bits per heavy atom. The number of hydrogen-bond acceptors (Lipinski definition) is 3. The molecule has 0 radical (unpaired) electrons. The van der Waals surface area contributed by atoms with Gasteiger partial charge in [0.25, 0.3) is 5.91 Å². The van der Waals surface area contributed by atoms with E-state index in [-0.39, 0.29) is 17.6 Å². The van der Waals surface area contributed by atoms with E-state index in [0.717, 1.165) is 23.7 Å². The summed E-state index contributed by atoms with van der Waals surface area (Å²) in [5.74, 6) is -0.416. The maximum atomic E-state index is 12.7. The van der Waals surface area contributed by atoms with Crippen molar-refractivity contribution in [1.29, 1.82) is 0 Å². The fourth-order valence-corrected chi connectivity index (χ4v) is 3.29. The largest absolute Gasteiger partial charge is 0.422 e. The van der Waals surface area contributed by atoms with E-state index in [1.165, 1.54) is 0 Å². The fraction of sp³-hybridized carbons (Fsp3) is 0.200. The standard InChI is InChI=1S/C20H17ClN2O3/c1-23-16-8-3-2-7-15(16)17(21)18(23)20(25)26-14-6-4-5-12(11-14)19(24)22-13-9-10-13/h2-8,11,13H,9-10H2,1H3,(H,22,24). The molecule has 6 heteroatoms. The van der Waals surface area contributed by atoms with E-state index in [2.05, 4.69) is 5.32 Å². The van der Waals surface area contributed by atoms with Crippen molar-refractivity contribution in [3.8, 4) is 5.75 Å². The minimum atomic E-state index is -0.562. The minimum absolute atomic E-state index is 0.159. The number of carbonyl (C=O) groups excluding carboxylic acids is 2. The van der Waals surface area contributed by atoms with Crippen LogP contribution in [0.2, 0.25) is 5.02 Å². The molecule has 4 rings (SSSR count). The highest BCUT2D eigenvalue weighted by Gasteiger charge is 2.24. The third kappa shape index (κ3) is 3.06. The van der Waals surface area contributed by atoms with E-state index in [1.54, 1.807) is 35.9 Å². The van der Waals surface area contributed by atoms with E-state index >= 15 is 0 Å². The van der Waals surface area contributed by atoms with Gasteiger partial charge in [0.2, 0.25) is 0 Å². The van der Waals surface area contributed by atoms with Crippen molar-refractivity contribution in [2.24, 2.45) is 7.05 Å². The van der Waals surface area contributed by atoms with E-state index < -0.39 is 5.97 Å². The van der Waals surface area contributed by atoms with E-state index in [1.807, 2.05) is 24.3 Å². The van der Waals surface area contributed by atoms with E-state index in [0.29, 0.717) is 16.3 Å². The van der Waals surface area contributed by atoms with Gasteiger partial charge in [-0.05, 0) is 37.1 Å². The number of fused-ring (bicyclic) bond motifs is 1. The number of carbonyl (C=O) groups is 2. The molecule has 1 aromatic heterocycles. The molecular weight excluding hydrogens is 352 g/mol. The number of esters is 1. The molecule has 132 valence electrons.